The van der Waals surface area contributed by atoms with Crippen molar-refractivity contribution in [3.63, 3.8) is 0 Å². The molecule has 0 saturated carbocycles. The average Bonchev–Trinajstić information content (AvgIpc) is 2.74. The van der Waals surface area contributed by atoms with Crippen LogP contribution in [0.2, 0.25) is 0 Å². The summed E-state index contributed by atoms with van der Waals surface area (Å²) in [5.41, 5.74) is 7.88. The topological polar surface area (TPSA) is 32.5 Å². The summed E-state index contributed by atoms with van der Waals surface area (Å²) in [6.07, 6.45) is 1.23. The molecule has 3 nitrogen and oxygen atoms in total. The van der Waals surface area contributed by atoms with Gasteiger partial charge in [-0.15, -0.1) is 0 Å². The maximum absolute atomic E-state index is 13.3. The van der Waals surface area contributed by atoms with Crippen LogP contribution in [0.15, 0.2) is 18.2 Å². The molecule has 0 spiro atoms. The van der Waals surface area contributed by atoms with E-state index in [0.29, 0.717) is 5.92 Å². The van der Waals surface area contributed by atoms with E-state index in [9.17, 15) is 4.39 Å². The Kier molecular flexibility index (Phi) is 4.42. The highest BCUT2D eigenvalue weighted by Gasteiger charge is 2.22. The molecule has 1 heterocycles. The summed E-state index contributed by atoms with van der Waals surface area (Å²) in [6.45, 7) is 5.20. The SMILES string of the molecule is CC(N)c1cc(F)ccc1N(C)CC1CCN(C)C1. The van der Waals surface area contributed by atoms with Crippen molar-refractivity contribution in [3.8, 4) is 0 Å². The second-order valence-electron chi connectivity index (χ2n) is 5.79. The summed E-state index contributed by atoms with van der Waals surface area (Å²) in [6, 6.07) is 4.75. The van der Waals surface area contributed by atoms with Gasteiger partial charge in [0.05, 0.1) is 0 Å². The highest BCUT2D eigenvalue weighted by atomic mass is 19.1. The van der Waals surface area contributed by atoms with Crippen molar-refractivity contribution in [1.82, 2.24) is 4.90 Å². The van der Waals surface area contributed by atoms with Crippen LogP contribution in [0.4, 0.5) is 10.1 Å². The molecule has 1 aromatic rings. The van der Waals surface area contributed by atoms with Crippen molar-refractivity contribution in [3.05, 3.63) is 29.6 Å². The van der Waals surface area contributed by atoms with E-state index in [2.05, 4.69) is 23.9 Å². The lowest BCUT2D eigenvalue weighted by Crippen LogP contribution is -2.28. The molecule has 0 radical (unpaired) electrons. The Morgan fingerprint density at radius 2 is 2.26 bits per heavy atom. The molecule has 1 aliphatic rings. The van der Waals surface area contributed by atoms with Crippen molar-refractivity contribution in [2.45, 2.75) is 19.4 Å². The summed E-state index contributed by atoms with van der Waals surface area (Å²) in [7, 11) is 4.22. The van der Waals surface area contributed by atoms with E-state index in [1.165, 1.54) is 19.0 Å². The molecule has 1 aliphatic heterocycles. The molecule has 0 amide bonds. The van der Waals surface area contributed by atoms with Crippen molar-refractivity contribution < 1.29 is 4.39 Å². The lowest BCUT2D eigenvalue weighted by molar-refractivity contribution is 0.396. The van der Waals surface area contributed by atoms with Crippen molar-refractivity contribution >= 4 is 5.69 Å². The molecule has 0 bridgehead atoms. The predicted molar refractivity (Wildman–Crippen MR) is 77.9 cm³/mol. The Labute approximate surface area is 115 Å². The fraction of sp³-hybridized carbons (Fsp3) is 0.600. The number of nitrogens with two attached hydrogens (primary N) is 1. The molecular formula is C15H24FN3. The Bertz CT molecular complexity index is 433. The standard InChI is InChI=1S/C15H24FN3/c1-11(17)14-8-13(16)4-5-15(14)19(3)10-12-6-7-18(2)9-12/h4-5,8,11-12H,6-7,9-10,17H2,1-3H3. The minimum atomic E-state index is -0.218. The maximum Gasteiger partial charge on any atom is 0.123 e. The third-order valence-corrected chi connectivity index (χ3v) is 3.91. The van der Waals surface area contributed by atoms with E-state index in [-0.39, 0.29) is 11.9 Å². The molecule has 2 rings (SSSR count). The Hall–Kier alpha value is -1.13. The van der Waals surface area contributed by atoms with Crippen LogP contribution in [-0.4, -0.2) is 38.6 Å². The minimum absolute atomic E-state index is 0.153. The molecule has 106 valence electrons. The number of hydrogen-bond acceptors (Lipinski definition) is 3. The van der Waals surface area contributed by atoms with Crippen LogP contribution in [0.3, 0.4) is 0 Å². The van der Waals surface area contributed by atoms with Gasteiger partial charge in [0, 0.05) is 31.9 Å². The molecule has 19 heavy (non-hydrogen) atoms. The molecule has 4 heteroatoms. The van der Waals surface area contributed by atoms with Gasteiger partial charge in [-0.2, -0.15) is 0 Å². The monoisotopic (exact) mass is 265 g/mol. The smallest absolute Gasteiger partial charge is 0.123 e. The van der Waals surface area contributed by atoms with Gasteiger partial charge in [-0.05, 0) is 56.6 Å². The first-order valence-electron chi connectivity index (χ1n) is 6.92. The molecule has 2 atom stereocenters. The zero-order valence-electron chi connectivity index (χ0n) is 12.1. The zero-order chi connectivity index (χ0) is 14.0. The molecule has 2 unspecified atom stereocenters. The molecular weight excluding hydrogens is 241 g/mol. The molecule has 1 saturated heterocycles. The third kappa shape index (κ3) is 3.45. The van der Waals surface area contributed by atoms with Gasteiger partial charge in [0.15, 0.2) is 0 Å². The van der Waals surface area contributed by atoms with Gasteiger partial charge in [0.2, 0.25) is 0 Å². The predicted octanol–water partition coefficient (Wildman–Crippen LogP) is 2.23. The summed E-state index contributed by atoms with van der Waals surface area (Å²) >= 11 is 0. The van der Waals surface area contributed by atoms with Crippen LogP contribution in [0.5, 0.6) is 0 Å². The second-order valence-corrected chi connectivity index (χ2v) is 5.79. The van der Waals surface area contributed by atoms with E-state index < -0.39 is 0 Å². The van der Waals surface area contributed by atoms with Crippen molar-refractivity contribution in [2.75, 3.05) is 38.6 Å². The van der Waals surface area contributed by atoms with E-state index in [4.69, 9.17) is 5.73 Å². The highest BCUT2D eigenvalue weighted by molar-refractivity contribution is 5.54. The second kappa shape index (κ2) is 5.88. The first kappa shape index (κ1) is 14.3. The number of hydrogen-bond donors (Lipinski definition) is 1. The van der Waals surface area contributed by atoms with Gasteiger partial charge in [-0.25, -0.2) is 4.39 Å². The lowest BCUT2D eigenvalue weighted by Gasteiger charge is -2.26. The quantitative estimate of drug-likeness (QED) is 0.906. The van der Waals surface area contributed by atoms with E-state index in [1.54, 1.807) is 6.07 Å². The van der Waals surface area contributed by atoms with Gasteiger partial charge in [0.25, 0.3) is 0 Å². The fourth-order valence-corrected chi connectivity index (χ4v) is 2.90. The number of benzene rings is 1. The summed E-state index contributed by atoms with van der Waals surface area (Å²) < 4.78 is 13.3. The molecule has 0 aromatic heterocycles. The number of rotatable bonds is 4. The van der Waals surface area contributed by atoms with Gasteiger partial charge < -0.3 is 15.5 Å². The fourth-order valence-electron chi connectivity index (χ4n) is 2.90. The third-order valence-electron chi connectivity index (χ3n) is 3.91. The Morgan fingerprint density at radius 3 is 2.84 bits per heavy atom. The normalized spacial score (nSPS) is 21.6. The van der Waals surface area contributed by atoms with Crippen LogP contribution in [0.25, 0.3) is 0 Å². The average molecular weight is 265 g/mol. The van der Waals surface area contributed by atoms with Crippen LogP contribution in [0.1, 0.15) is 24.9 Å². The van der Waals surface area contributed by atoms with E-state index in [0.717, 1.165) is 24.3 Å². The van der Waals surface area contributed by atoms with Gasteiger partial charge >= 0.3 is 0 Å². The molecule has 2 N–H and O–H groups in total. The Balaban J connectivity index is 2.12. The Morgan fingerprint density at radius 1 is 1.53 bits per heavy atom. The summed E-state index contributed by atoms with van der Waals surface area (Å²) in [5, 5.41) is 0. The van der Waals surface area contributed by atoms with Crippen LogP contribution >= 0.6 is 0 Å². The van der Waals surface area contributed by atoms with E-state index in [1.807, 2.05) is 13.0 Å². The number of nitrogens with zero attached hydrogens (tertiary/aromatic N) is 2. The molecule has 1 aromatic carbocycles. The summed E-state index contributed by atoms with van der Waals surface area (Å²) in [4.78, 5) is 4.57. The number of anilines is 1. The van der Waals surface area contributed by atoms with E-state index >= 15 is 0 Å². The maximum atomic E-state index is 13.3. The van der Waals surface area contributed by atoms with Crippen LogP contribution in [-0.2, 0) is 0 Å². The largest absolute Gasteiger partial charge is 0.374 e. The summed E-state index contributed by atoms with van der Waals surface area (Å²) in [5.74, 6) is 0.464. The number of halogens is 1. The van der Waals surface area contributed by atoms with Gasteiger partial charge in [-0.3, -0.25) is 0 Å². The molecule has 0 aliphatic carbocycles. The first-order valence-corrected chi connectivity index (χ1v) is 6.92. The van der Waals surface area contributed by atoms with Crippen molar-refractivity contribution in [1.29, 1.82) is 0 Å². The van der Waals surface area contributed by atoms with Gasteiger partial charge in [0.1, 0.15) is 5.82 Å². The minimum Gasteiger partial charge on any atom is -0.374 e. The lowest BCUT2D eigenvalue weighted by atomic mass is 10.0. The van der Waals surface area contributed by atoms with Crippen LogP contribution in [0, 0.1) is 11.7 Å². The number of likely N-dealkylation sites (tertiary alicyclic amines) is 1. The molecule has 1 fully saturated rings. The zero-order valence-corrected chi connectivity index (χ0v) is 12.1. The van der Waals surface area contributed by atoms with Gasteiger partial charge in [-0.1, -0.05) is 0 Å². The highest BCUT2D eigenvalue weighted by Crippen LogP contribution is 2.27. The van der Waals surface area contributed by atoms with Crippen molar-refractivity contribution in [2.24, 2.45) is 11.7 Å². The first-order chi connectivity index (χ1) is 8.97. The van der Waals surface area contributed by atoms with Crippen LogP contribution < -0.4 is 10.6 Å².